The summed E-state index contributed by atoms with van der Waals surface area (Å²) in [6.45, 7) is 9.26. The second-order valence-corrected chi connectivity index (χ2v) is 8.40. The number of ether oxygens (including phenoxy) is 1. The molecule has 0 aromatic heterocycles. The van der Waals surface area contributed by atoms with Crippen molar-refractivity contribution in [2.45, 2.75) is 39.3 Å². The lowest BCUT2D eigenvalue weighted by atomic mass is 10.2. The lowest BCUT2D eigenvalue weighted by molar-refractivity contribution is -0.135. The predicted octanol–water partition coefficient (Wildman–Crippen LogP) is 2.34. The standard InChI is InChI=1S/C20H29ClN4O4/c1-14(22-19(28)29-20(2,3)4)18(27)25-11-9-24(10-12-25)13-17(26)23-16-8-6-5-7-15(16)21/h5-8,14H,9-13H2,1-4H3,(H,22,28)(H,23,26)/t14-/m1/s1. The summed E-state index contributed by atoms with van der Waals surface area (Å²) >= 11 is 6.05. The predicted molar refractivity (Wildman–Crippen MR) is 112 cm³/mol. The lowest BCUT2D eigenvalue weighted by Gasteiger charge is -2.35. The van der Waals surface area contributed by atoms with Gasteiger partial charge in [0.2, 0.25) is 11.8 Å². The van der Waals surface area contributed by atoms with Crippen LogP contribution in [0.1, 0.15) is 27.7 Å². The molecule has 8 nitrogen and oxygen atoms in total. The van der Waals surface area contributed by atoms with Crippen molar-refractivity contribution < 1.29 is 19.1 Å². The molecule has 3 amide bonds. The van der Waals surface area contributed by atoms with E-state index < -0.39 is 17.7 Å². The van der Waals surface area contributed by atoms with Gasteiger partial charge in [0.05, 0.1) is 17.3 Å². The van der Waals surface area contributed by atoms with Crippen molar-refractivity contribution in [1.29, 1.82) is 0 Å². The van der Waals surface area contributed by atoms with Crippen LogP contribution in [0.15, 0.2) is 24.3 Å². The number of nitrogens with zero attached hydrogens (tertiary/aromatic N) is 2. The minimum atomic E-state index is -0.681. The number of hydrogen-bond acceptors (Lipinski definition) is 5. The number of piperazine rings is 1. The van der Waals surface area contributed by atoms with E-state index >= 15 is 0 Å². The first-order valence-electron chi connectivity index (χ1n) is 9.60. The monoisotopic (exact) mass is 424 g/mol. The van der Waals surface area contributed by atoms with Gasteiger partial charge < -0.3 is 20.3 Å². The molecule has 0 spiro atoms. The Hall–Kier alpha value is -2.32. The highest BCUT2D eigenvalue weighted by molar-refractivity contribution is 6.33. The zero-order valence-electron chi connectivity index (χ0n) is 17.3. The summed E-state index contributed by atoms with van der Waals surface area (Å²) in [6.07, 6.45) is -0.617. The van der Waals surface area contributed by atoms with Crippen LogP contribution in [0.4, 0.5) is 10.5 Å². The van der Waals surface area contributed by atoms with E-state index in [-0.39, 0.29) is 18.4 Å². The van der Waals surface area contributed by atoms with Gasteiger partial charge in [-0.1, -0.05) is 23.7 Å². The number of halogens is 1. The molecule has 1 aromatic rings. The summed E-state index contributed by atoms with van der Waals surface area (Å²) in [5, 5.41) is 5.85. The third kappa shape index (κ3) is 7.55. The molecule has 1 aromatic carbocycles. The van der Waals surface area contributed by atoms with Gasteiger partial charge in [-0.3, -0.25) is 14.5 Å². The zero-order valence-corrected chi connectivity index (χ0v) is 18.1. The molecule has 9 heteroatoms. The molecule has 1 fully saturated rings. The molecule has 1 atom stereocenters. The van der Waals surface area contributed by atoms with Crippen LogP contribution in [0.2, 0.25) is 5.02 Å². The molecule has 1 aliphatic heterocycles. The average Bonchev–Trinajstić information content (AvgIpc) is 2.62. The largest absolute Gasteiger partial charge is 0.444 e. The van der Waals surface area contributed by atoms with Crippen LogP contribution in [-0.2, 0) is 14.3 Å². The number of carbonyl (C=O) groups is 3. The first-order chi connectivity index (χ1) is 13.5. The minimum absolute atomic E-state index is 0.155. The van der Waals surface area contributed by atoms with Crippen molar-refractivity contribution in [2.75, 3.05) is 38.0 Å². The number of amides is 3. The maximum Gasteiger partial charge on any atom is 0.408 e. The third-order valence-corrected chi connectivity index (χ3v) is 4.63. The third-order valence-electron chi connectivity index (χ3n) is 4.30. The Morgan fingerprint density at radius 3 is 2.34 bits per heavy atom. The van der Waals surface area contributed by atoms with E-state index in [1.54, 1.807) is 56.9 Å². The SMILES string of the molecule is C[C@@H](NC(=O)OC(C)(C)C)C(=O)N1CCN(CC(=O)Nc2ccccc2Cl)CC1. The highest BCUT2D eigenvalue weighted by Gasteiger charge is 2.28. The van der Waals surface area contributed by atoms with E-state index in [1.807, 2.05) is 4.90 Å². The molecule has 2 N–H and O–H groups in total. The van der Waals surface area contributed by atoms with Crippen LogP contribution in [0.25, 0.3) is 0 Å². The van der Waals surface area contributed by atoms with Gasteiger partial charge in [0, 0.05) is 26.2 Å². The first-order valence-corrected chi connectivity index (χ1v) is 9.98. The number of carbonyl (C=O) groups excluding carboxylic acids is 3. The van der Waals surface area contributed by atoms with Crippen LogP contribution >= 0.6 is 11.6 Å². The van der Waals surface area contributed by atoms with Crippen LogP contribution < -0.4 is 10.6 Å². The Morgan fingerprint density at radius 2 is 1.76 bits per heavy atom. The summed E-state index contributed by atoms with van der Waals surface area (Å²) in [5.74, 6) is -0.325. The molecule has 1 heterocycles. The van der Waals surface area contributed by atoms with Crippen LogP contribution in [0.5, 0.6) is 0 Å². The Balaban J connectivity index is 1.76. The zero-order chi connectivity index (χ0) is 21.6. The summed E-state index contributed by atoms with van der Waals surface area (Å²) in [7, 11) is 0. The highest BCUT2D eigenvalue weighted by atomic mass is 35.5. The fraction of sp³-hybridized carbons (Fsp3) is 0.550. The molecule has 0 saturated carbocycles. The fourth-order valence-corrected chi connectivity index (χ4v) is 3.08. The number of para-hydroxylation sites is 1. The fourth-order valence-electron chi connectivity index (χ4n) is 2.90. The van der Waals surface area contributed by atoms with Crippen molar-refractivity contribution in [1.82, 2.24) is 15.1 Å². The maximum absolute atomic E-state index is 12.5. The second kappa shape index (κ2) is 9.93. The number of anilines is 1. The average molecular weight is 425 g/mol. The van der Waals surface area contributed by atoms with E-state index in [0.29, 0.717) is 36.9 Å². The molecule has 1 aliphatic rings. The number of nitrogens with one attached hydrogen (secondary N) is 2. The van der Waals surface area contributed by atoms with Crippen LogP contribution in [0, 0.1) is 0 Å². The van der Waals surface area contributed by atoms with Crippen molar-refractivity contribution in [3.63, 3.8) is 0 Å². The smallest absolute Gasteiger partial charge is 0.408 e. The number of alkyl carbamates (subject to hydrolysis) is 1. The van der Waals surface area contributed by atoms with Gasteiger partial charge in [0.15, 0.2) is 0 Å². The molecule has 0 unspecified atom stereocenters. The van der Waals surface area contributed by atoms with Crippen molar-refractivity contribution in [3.05, 3.63) is 29.3 Å². The molecule has 0 aliphatic carbocycles. The number of rotatable bonds is 5. The second-order valence-electron chi connectivity index (χ2n) is 8.00. The van der Waals surface area contributed by atoms with Crippen molar-refractivity contribution in [3.8, 4) is 0 Å². The topological polar surface area (TPSA) is 91.0 Å². The Morgan fingerprint density at radius 1 is 1.14 bits per heavy atom. The summed E-state index contributed by atoms with van der Waals surface area (Å²) in [6, 6.07) is 6.38. The molecule has 29 heavy (non-hydrogen) atoms. The van der Waals surface area contributed by atoms with E-state index in [9.17, 15) is 14.4 Å². The van der Waals surface area contributed by atoms with Gasteiger partial charge in [-0.2, -0.15) is 0 Å². The molecular weight excluding hydrogens is 396 g/mol. The molecule has 1 saturated heterocycles. The Bertz CT molecular complexity index is 742. The summed E-state index contributed by atoms with van der Waals surface area (Å²) in [4.78, 5) is 40.3. The van der Waals surface area contributed by atoms with Crippen molar-refractivity contribution in [2.24, 2.45) is 0 Å². The quantitative estimate of drug-likeness (QED) is 0.757. The van der Waals surface area contributed by atoms with E-state index in [0.717, 1.165) is 0 Å². The van der Waals surface area contributed by atoms with Gasteiger partial charge in [0.25, 0.3) is 0 Å². The highest BCUT2D eigenvalue weighted by Crippen LogP contribution is 2.20. The molecule has 160 valence electrons. The van der Waals surface area contributed by atoms with Crippen LogP contribution in [0.3, 0.4) is 0 Å². The lowest BCUT2D eigenvalue weighted by Crippen LogP contribution is -2.55. The first kappa shape index (κ1) is 23.0. The van der Waals surface area contributed by atoms with E-state index in [1.165, 1.54) is 0 Å². The van der Waals surface area contributed by atoms with Gasteiger partial charge >= 0.3 is 6.09 Å². The minimum Gasteiger partial charge on any atom is -0.444 e. The van der Waals surface area contributed by atoms with Gasteiger partial charge in [0.1, 0.15) is 11.6 Å². The van der Waals surface area contributed by atoms with E-state index in [2.05, 4.69) is 10.6 Å². The number of benzene rings is 1. The Labute approximate surface area is 176 Å². The van der Waals surface area contributed by atoms with Gasteiger partial charge in [-0.15, -0.1) is 0 Å². The number of hydrogen-bond donors (Lipinski definition) is 2. The van der Waals surface area contributed by atoms with Gasteiger partial charge in [-0.05, 0) is 39.8 Å². The molecule has 0 radical (unpaired) electrons. The Kier molecular flexibility index (Phi) is 7.87. The normalized spacial score (nSPS) is 16.1. The molecule has 0 bridgehead atoms. The summed E-state index contributed by atoms with van der Waals surface area (Å²) < 4.78 is 5.18. The van der Waals surface area contributed by atoms with Crippen molar-refractivity contribution >= 4 is 35.2 Å². The maximum atomic E-state index is 12.5. The van der Waals surface area contributed by atoms with E-state index in [4.69, 9.17) is 16.3 Å². The molecular formula is C20H29ClN4O4. The summed E-state index contributed by atoms with van der Waals surface area (Å²) in [5.41, 5.74) is -0.0433. The van der Waals surface area contributed by atoms with Crippen LogP contribution in [-0.4, -0.2) is 72.1 Å². The van der Waals surface area contributed by atoms with Gasteiger partial charge in [-0.25, -0.2) is 4.79 Å². The molecule has 2 rings (SSSR count).